The number of halogens is 1. The predicted molar refractivity (Wildman–Crippen MR) is 81.5 cm³/mol. The summed E-state index contributed by atoms with van der Waals surface area (Å²) in [6, 6.07) is 2.08. The second-order valence-corrected chi connectivity index (χ2v) is 6.18. The van der Waals surface area contributed by atoms with Gasteiger partial charge in [0.25, 0.3) is 0 Å². The lowest BCUT2D eigenvalue weighted by atomic mass is 10.3. The summed E-state index contributed by atoms with van der Waals surface area (Å²) in [6.07, 6.45) is -0.00780. The Morgan fingerprint density at radius 3 is 3.00 bits per heavy atom. The van der Waals surface area contributed by atoms with Crippen LogP contribution in [-0.2, 0) is 11.3 Å². The van der Waals surface area contributed by atoms with Crippen LogP contribution in [0.4, 0.5) is 5.00 Å². The topological polar surface area (TPSA) is 62.0 Å². The molecule has 0 spiro atoms. The highest BCUT2D eigenvalue weighted by Gasteiger charge is 2.17. The molecule has 5 nitrogen and oxygen atoms in total. The highest BCUT2D eigenvalue weighted by atomic mass is 35.5. The van der Waals surface area contributed by atoms with Crippen molar-refractivity contribution in [1.82, 2.24) is 9.36 Å². The van der Waals surface area contributed by atoms with E-state index in [1.54, 1.807) is 18.4 Å². The summed E-state index contributed by atoms with van der Waals surface area (Å²) in [4.78, 5) is 6.46. The number of ether oxygens (including phenoxy) is 1. The minimum atomic E-state index is -0.00780. The summed E-state index contributed by atoms with van der Waals surface area (Å²) < 4.78 is 9.25. The molecule has 1 atom stereocenters. The van der Waals surface area contributed by atoms with Crippen molar-refractivity contribution in [3.8, 4) is 6.07 Å². The molecule has 0 aliphatic rings. The largest absolute Gasteiger partial charge is 0.375 e. The molecule has 0 amide bonds. The lowest BCUT2D eigenvalue weighted by Crippen LogP contribution is -2.16. The molecule has 0 N–H and O–H groups in total. The Morgan fingerprint density at radius 2 is 2.35 bits per heavy atom. The van der Waals surface area contributed by atoms with E-state index in [0.29, 0.717) is 12.1 Å². The summed E-state index contributed by atoms with van der Waals surface area (Å²) in [5, 5.41) is 13.0. The normalized spacial score (nSPS) is 12.2. The monoisotopic (exact) mass is 328 g/mol. The molecule has 2 aromatic heterocycles. The van der Waals surface area contributed by atoms with E-state index in [-0.39, 0.29) is 11.3 Å². The van der Waals surface area contributed by atoms with E-state index >= 15 is 0 Å². The molecule has 2 heterocycles. The first-order chi connectivity index (χ1) is 9.56. The molecular weight excluding hydrogens is 316 g/mol. The first kappa shape index (κ1) is 15.2. The van der Waals surface area contributed by atoms with E-state index in [0.717, 1.165) is 15.7 Å². The molecule has 0 saturated heterocycles. The number of aromatic nitrogens is 2. The third kappa shape index (κ3) is 3.10. The lowest BCUT2D eigenvalue weighted by molar-refractivity contribution is 0.119. The minimum absolute atomic E-state index is 0.00780. The number of nitrogens with zero attached hydrogens (tertiary/aromatic N) is 4. The van der Waals surface area contributed by atoms with Crippen molar-refractivity contribution in [3.05, 3.63) is 26.8 Å². The van der Waals surface area contributed by atoms with Gasteiger partial charge in [0.15, 0.2) is 5.15 Å². The first-order valence-electron chi connectivity index (χ1n) is 5.80. The number of rotatable bonds is 5. The van der Waals surface area contributed by atoms with E-state index in [1.165, 1.54) is 11.5 Å². The zero-order chi connectivity index (χ0) is 14.7. The molecular formula is C12H13ClN4OS2. The van der Waals surface area contributed by atoms with Crippen LogP contribution in [0.1, 0.15) is 29.3 Å². The number of nitriles is 1. The van der Waals surface area contributed by atoms with Gasteiger partial charge in [0, 0.05) is 19.5 Å². The van der Waals surface area contributed by atoms with E-state index in [4.69, 9.17) is 21.6 Å². The van der Waals surface area contributed by atoms with Gasteiger partial charge in [0.1, 0.15) is 27.7 Å². The lowest BCUT2D eigenvalue weighted by Gasteiger charge is -2.15. The van der Waals surface area contributed by atoms with E-state index < -0.39 is 0 Å². The first-order valence-corrected chi connectivity index (χ1v) is 7.83. The molecule has 2 aromatic rings. The fourth-order valence-electron chi connectivity index (χ4n) is 1.61. The average molecular weight is 329 g/mol. The molecule has 0 radical (unpaired) electrons. The van der Waals surface area contributed by atoms with Gasteiger partial charge in [-0.15, -0.1) is 11.3 Å². The van der Waals surface area contributed by atoms with E-state index in [2.05, 4.69) is 15.4 Å². The van der Waals surface area contributed by atoms with Crippen molar-refractivity contribution in [2.24, 2.45) is 0 Å². The molecule has 0 bridgehead atoms. The van der Waals surface area contributed by atoms with Crippen molar-refractivity contribution in [2.75, 3.05) is 19.1 Å². The Bertz CT molecular complexity index is 634. The summed E-state index contributed by atoms with van der Waals surface area (Å²) in [6.45, 7) is 2.56. The second-order valence-electron chi connectivity index (χ2n) is 4.18. The number of methoxy groups -OCH3 is 1. The number of hydrogen-bond donors (Lipinski definition) is 0. The number of anilines is 1. The van der Waals surface area contributed by atoms with Crippen LogP contribution in [0.3, 0.4) is 0 Å². The van der Waals surface area contributed by atoms with Crippen molar-refractivity contribution in [2.45, 2.75) is 19.6 Å². The quantitative estimate of drug-likeness (QED) is 0.841. The number of hydrogen-bond acceptors (Lipinski definition) is 7. The summed E-state index contributed by atoms with van der Waals surface area (Å²) in [5.74, 6) is 0. The smallest absolute Gasteiger partial charge is 0.162 e. The van der Waals surface area contributed by atoms with Gasteiger partial charge in [-0.2, -0.15) is 9.64 Å². The second kappa shape index (κ2) is 6.50. The van der Waals surface area contributed by atoms with E-state index in [9.17, 15) is 0 Å². The van der Waals surface area contributed by atoms with E-state index in [1.807, 2.05) is 24.3 Å². The highest BCUT2D eigenvalue weighted by molar-refractivity contribution is 7.11. The SMILES string of the molecule is COC(C)c1nc(CN(C)c2snc(Cl)c2C#N)cs1. The molecule has 0 saturated carbocycles. The van der Waals surface area contributed by atoms with Crippen LogP contribution in [-0.4, -0.2) is 23.5 Å². The minimum Gasteiger partial charge on any atom is -0.375 e. The molecule has 0 aromatic carbocycles. The third-order valence-electron chi connectivity index (χ3n) is 2.76. The Balaban J connectivity index is 2.13. The summed E-state index contributed by atoms with van der Waals surface area (Å²) in [5.41, 5.74) is 1.35. The Morgan fingerprint density at radius 1 is 1.60 bits per heavy atom. The molecule has 0 fully saturated rings. The Kier molecular flexibility index (Phi) is 4.94. The maximum atomic E-state index is 9.09. The van der Waals surface area contributed by atoms with Crippen LogP contribution < -0.4 is 4.90 Å². The van der Waals surface area contributed by atoms with Gasteiger partial charge in [0.05, 0.1) is 12.2 Å². The van der Waals surface area contributed by atoms with Crippen molar-refractivity contribution in [3.63, 3.8) is 0 Å². The Labute approximate surface area is 130 Å². The molecule has 1 unspecified atom stereocenters. The molecule has 8 heteroatoms. The van der Waals surface area contributed by atoms with Gasteiger partial charge < -0.3 is 9.64 Å². The molecule has 20 heavy (non-hydrogen) atoms. The fourth-order valence-corrected chi connectivity index (χ4v) is 3.44. The van der Waals surface area contributed by atoms with Crippen molar-refractivity contribution >= 4 is 39.5 Å². The summed E-state index contributed by atoms with van der Waals surface area (Å²) in [7, 11) is 3.56. The van der Waals surface area contributed by atoms with Crippen LogP contribution in [0.2, 0.25) is 5.15 Å². The zero-order valence-electron chi connectivity index (χ0n) is 11.3. The predicted octanol–water partition coefficient (Wildman–Crippen LogP) is 3.47. The van der Waals surface area contributed by atoms with Gasteiger partial charge in [-0.25, -0.2) is 4.98 Å². The molecule has 2 rings (SSSR count). The van der Waals surface area contributed by atoms with Gasteiger partial charge >= 0.3 is 0 Å². The van der Waals surface area contributed by atoms with Crippen LogP contribution in [0.15, 0.2) is 5.38 Å². The number of thiazole rings is 1. The van der Waals surface area contributed by atoms with Crippen LogP contribution in [0.5, 0.6) is 0 Å². The summed E-state index contributed by atoms with van der Waals surface area (Å²) >= 11 is 8.66. The fraction of sp³-hybridized carbons (Fsp3) is 0.417. The van der Waals surface area contributed by atoms with Crippen LogP contribution in [0, 0.1) is 11.3 Å². The molecule has 106 valence electrons. The van der Waals surface area contributed by atoms with Gasteiger partial charge in [0.2, 0.25) is 0 Å². The highest BCUT2D eigenvalue weighted by Crippen LogP contribution is 2.31. The average Bonchev–Trinajstić information content (AvgIpc) is 3.04. The van der Waals surface area contributed by atoms with Gasteiger partial charge in [-0.3, -0.25) is 0 Å². The van der Waals surface area contributed by atoms with Crippen LogP contribution in [0.25, 0.3) is 0 Å². The molecule has 0 aliphatic heterocycles. The third-order valence-corrected chi connectivity index (χ3v) is 5.15. The maximum absolute atomic E-state index is 9.09. The van der Waals surface area contributed by atoms with Gasteiger partial charge in [-0.05, 0) is 18.5 Å². The zero-order valence-corrected chi connectivity index (χ0v) is 13.6. The van der Waals surface area contributed by atoms with Crippen molar-refractivity contribution in [1.29, 1.82) is 5.26 Å². The van der Waals surface area contributed by atoms with Gasteiger partial charge in [-0.1, -0.05) is 11.6 Å². The van der Waals surface area contributed by atoms with Crippen molar-refractivity contribution < 1.29 is 4.74 Å². The Hall–Kier alpha value is -1.20. The maximum Gasteiger partial charge on any atom is 0.162 e. The van der Waals surface area contributed by atoms with Crippen LogP contribution >= 0.6 is 34.5 Å². The standard InChI is InChI=1S/C12H13ClN4OS2/c1-7(18-3)11-15-8(6-19-11)5-17(2)12-9(4-14)10(13)16-20-12/h6-7H,5H2,1-3H3. The molecule has 0 aliphatic carbocycles.